The van der Waals surface area contributed by atoms with Crippen LogP contribution in [0.25, 0.3) is 0 Å². The molecule has 1 rings (SSSR count). The molecule has 1 aromatic rings. The first kappa shape index (κ1) is 20.0. The Morgan fingerprint density at radius 1 is 1.21 bits per heavy atom. The molecule has 2 atom stereocenters. The van der Waals surface area contributed by atoms with Crippen molar-refractivity contribution in [3.8, 4) is 0 Å². The Labute approximate surface area is 137 Å². The summed E-state index contributed by atoms with van der Waals surface area (Å²) < 4.78 is 37.2. The van der Waals surface area contributed by atoms with Gasteiger partial charge in [0.1, 0.15) is 0 Å². The van der Waals surface area contributed by atoms with Crippen LogP contribution in [0, 0.1) is 5.92 Å². The van der Waals surface area contributed by atoms with Gasteiger partial charge in [-0.25, -0.2) is 5.06 Å². The maximum atomic E-state index is 12.4. The van der Waals surface area contributed by atoms with Gasteiger partial charge >= 0.3 is 12.1 Å². The van der Waals surface area contributed by atoms with Crippen molar-refractivity contribution in [1.29, 1.82) is 0 Å². The van der Waals surface area contributed by atoms with E-state index in [4.69, 9.17) is 0 Å². The van der Waals surface area contributed by atoms with Crippen LogP contribution in [0.4, 0.5) is 13.2 Å². The van der Waals surface area contributed by atoms with E-state index < -0.39 is 36.9 Å². The van der Waals surface area contributed by atoms with Gasteiger partial charge in [0.2, 0.25) is 6.41 Å². The molecule has 0 spiro atoms. The zero-order chi connectivity index (χ0) is 18.2. The lowest BCUT2D eigenvalue weighted by Gasteiger charge is -2.28. The van der Waals surface area contributed by atoms with E-state index in [2.05, 4.69) is 0 Å². The van der Waals surface area contributed by atoms with Crippen molar-refractivity contribution in [3.05, 3.63) is 35.9 Å². The van der Waals surface area contributed by atoms with Gasteiger partial charge in [0, 0.05) is 6.42 Å². The van der Waals surface area contributed by atoms with Crippen molar-refractivity contribution in [1.82, 2.24) is 5.06 Å². The Hall–Kier alpha value is -2.09. The van der Waals surface area contributed by atoms with Crippen molar-refractivity contribution >= 4 is 12.4 Å². The number of hydrogen-bond acceptors (Lipinski definition) is 3. The van der Waals surface area contributed by atoms with E-state index in [9.17, 15) is 33.1 Å². The second kappa shape index (κ2) is 9.27. The molecule has 0 heterocycles. The number of carbonyl (C=O) groups excluding carboxylic acids is 1. The van der Waals surface area contributed by atoms with Gasteiger partial charge < -0.3 is 5.11 Å². The van der Waals surface area contributed by atoms with E-state index >= 15 is 0 Å². The number of nitrogens with zero attached hydrogens (tertiary/aromatic N) is 1. The summed E-state index contributed by atoms with van der Waals surface area (Å²) in [4.78, 5) is 22.1. The molecule has 0 saturated heterocycles. The Morgan fingerprint density at radius 2 is 1.83 bits per heavy atom. The molecule has 1 amide bonds. The highest BCUT2D eigenvalue weighted by Gasteiger charge is 2.36. The summed E-state index contributed by atoms with van der Waals surface area (Å²) >= 11 is 0. The van der Waals surface area contributed by atoms with Gasteiger partial charge in [-0.1, -0.05) is 30.3 Å². The van der Waals surface area contributed by atoms with Crippen molar-refractivity contribution in [3.63, 3.8) is 0 Å². The molecule has 0 aromatic heterocycles. The zero-order valence-electron chi connectivity index (χ0n) is 12.9. The molecule has 0 aliphatic carbocycles. The molecule has 0 radical (unpaired) electrons. The fourth-order valence-electron chi connectivity index (χ4n) is 2.56. The summed E-state index contributed by atoms with van der Waals surface area (Å²) in [6.45, 7) is 0. The maximum absolute atomic E-state index is 12.4. The predicted molar refractivity (Wildman–Crippen MR) is 79.3 cm³/mol. The average molecular weight is 347 g/mol. The van der Waals surface area contributed by atoms with Crippen molar-refractivity contribution < 1.29 is 33.1 Å². The van der Waals surface area contributed by atoms with Crippen LogP contribution in [0.1, 0.15) is 31.2 Å². The quantitative estimate of drug-likeness (QED) is 0.387. The van der Waals surface area contributed by atoms with Gasteiger partial charge in [-0.3, -0.25) is 14.8 Å². The molecule has 0 fully saturated rings. The minimum atomic E-state index is -4.49. The SMILES string of the molecule is O=CN(O)C(CCC(F)(F)F)C(CCCc1ccccc1)C(=O)O. The van der Waals surface area contributed by atoms with Crippen LogP contribution < -0.4 is 0 Å². The Morgan fingerprint density at radius 3 is 2.33 bits per heavy atom. The molecule has 0 saturated carbocycles. The number of hydroxylamine groups is 2. The largest absolute Gasteiger partial charge is 0.481 e. The first-order valence-corrected chi connectivity index (χ1v) is 7.50. The molecule has 5 nitrogen and oxygen atoms in total. The molecule has 134 valence electrons. The lowest BCUT2D eigenvalue weighted by Crippen LogP contribution is -2.42. The highest BCUT2D eigenvalue weighted by Crippen LogP contribution is 2.28. The highest BCUT2D eigenvalue weighted by atomic mass is 19.4. The zero-order valence-corrected chi connectivity index (χ0v) is 12.9. The highest BCUT2D eigenvalue weighted by molar-refractivity contribution is 5.71. The second-order valence-electron chi connectivity index (χ2n) is 5.53. The fraction of sp³-hybridized carbons (Fsp3) is 0.500. The van der Waals surface area contributed by atoms with Crippen LogP contribution in [-0.2, 0) is 16.0 Å². The topological polar surface area (TPSA) is 77.8 Å². The van der Waals surface area contributed by atoms with E-state index in [1.54, 1.807) is 0 Å². The van der Waals surface area contributed by atoms with Gasteiger partial charge in [0.05, 0.1) is 12.0 Å². The smallest absolute Gasteiger partial charge is 0.389 e. The molecule has 0 aliphatic heterocycles. The maximum Gasteiger partial charge on any atom is 0.389 e. The number of hydrogen-bond donors (Lipinski definition) is 2. The van der Waals surface area contributed by atoms with E-state index in [0.29, 0.717) is 12.8 Å². The Balaban J connectivity index is 2.72. The fourth-order valence-corrected chi connectivity index (χ4v) is 2.56. The number of aliphatic carboxylic acids is 1. The first-order chi connectivity index (χ1) is 11.2. The monoisotopic (exact) mass is 347 g/mol. The molecule has 8 heteroatoms. The molecule has 2 N–H and O–H groups in total. The second-order valence-corrected chi connectivity index (χ2v) is 5.53. The third-order valence-corrected chi connectivity index (χ3v) is 3.78. The summed E-state index contributed by atoms with van der Waals surface area (Å²) in [7, 11) is 0. The molecule has 1 aromatic carbocycles. The number of carboxylic acid groups (broad SMARTS) is 1. The molecule has 2 unspecified atom stereocenters. The van der Waals surface area contributed by atoms with Crippen molar-refractivity contribution in [2.75, 3.05) is 0 Å². The Bertz CT molecular complexity index is 522. The predicted octanol–water partition coefficient (Wildman–Crippen LogP) is 3.27. The number of carbonyl (C=O) groups is 2. The van der Waals surface area contributed by atoms with Crippen LogP contribution in [0.15, 0.2) is 30.3 Å². The number of amides is 1. The lowest BCUT2D eigenvalue weighted by atomic mass is 9.89. The summed E-state index contributed by atoms with van der Waals surface area (Å²) in [6, 6.07) is 7.80. The molecule has 24 heavy (non-hydrogen) atoms. The summed E-state index contributed by atoms with van der Waals surface area (Å²) in [5.41, 5.74) is 0.977. The van der Waals surface area contributed by atoms with Gasteiger partial charge in [-0.15, -0.1) is 0 Å². The van der Waals surface area contributed by atoms with Crippen LogP contribution in [-0.4, -0.2) is 40.0 Å². The van der Waals surface area contributed by atoms with Crippen molar-refractivity contribution in [2.24, 2.45) is 5.92 Å². The normalized spacial score (nSPS) is 14.0. The number of aryl methyl sites for hydroxylation is 1. The van der Waals surface area contributed by atoms with Crippen molar-refractivity contribution in [2.45, 2.75) is 44.3 Å². The summed E-state index contributed by atoms with van der Waals surface area (Å²) in [5, 5.41) is 18.8. The van der Waals surface area contributed by atoms with E-state index in [-0.39, 0.29) is 17.9 Å². The van der Waals surface area contributed by atoms with E-state index in [0.717, 1.165) is 5.56 Å². The van der Waals surface area contributed by atoms with Crippen LogP contribution >= 0.6 is 0 Å². The standard InChI is InChI=1S/C16H20F3NO4/c17-16(18,19)10-9-14(20(24)11-21)13(15(22)23)8-4-7-12-5-2-1-3-6-12/h1-3,5-6,11,13-14,24H,4,7-10H2,(H,22,23). The van der Waals surface area contributed by atoms with Crippen LogP contribution in [0.2, 0.25) is 0 Å². The van der Waals surface area contributed by atoms with E-state index in [1.165, 1.54) is 0 Å². The van der Waals surface area contributed by atoms with Crippen LogP contribution in [0.5, 0.6) is 0 Å². The van der Waals surface area contributed by atoms with Gasteiger partial charge in [-0.05, 0) is 31.2 Å². The minimum absolute atomic E-state index is 0.0348. The van der Waals surface area contributed by atoms with Gasteiger partial charge in [-0.2, -0.15) is 13.2 Å². The Kier molecular flexibility index (Phi) is 7.70. The minimum Gasteiger partial charge on any atom is -0.481 e. The molecular formula is C16H20F3NO4. The third-order valence-electron chi connectivity index (χ3n) is 3.78. The number of benzene rings is 1. The lowest BCUT2D eigenvalue weighted by molar-refractivity contribution is -0.181. The number of halogens is 3. The third kappa shape index (κ3) is 6.99. The molecule has 0 aliphatic rings. The number of rotatable bonds is 10. The first-order valence-electron chi connectivity index (χ1n) is 7.50. The average Bonchev–Trinajstić information content (AvgIpc) is 2.52. The summed E-state index contributed by atoms with van der Waals surface area (Å²) in [6.07, 6.45) is -5.47. The molecular weight excluding hydrogens is 327 g/mol. The van der Waals surface area contributed by atoms with Gasteiger partial charge in [0.25, 0.3) is 0 Å². The summed E-state index contributed by atoms with van der Waals surface area (Å²) in [5.74, 6) is -2.61. The van der Waals surface area contributed by atoms with Crippen LogP contribution in [0.3, 0.4) is 0 Å². The van der Waals surface area contributed by atoms with Gasteiger partial charge in [0.15, 0.2) is 0 Å². The number of alkyl halides is 3. The van der Waals surface area contributed by atoms with E-state index in [1.807, 2.05) is 30.3 Å². The molecule has 0 bridgehead atoms. The number of carboxylic acids is 1.